The van der Waals surface area contributed by atoms with E-state index in [0.29, 0.717) is 18.5 Å². The molecule has 1 aromatic heterocycles. The first-order valence-corrected chi connectivity index (χ1v) is 11.1. The standard InChI is InChI=1S/C22H27N7O3/c1-26-8-10-27(11-9-26)7-6-16-14-29(25-24-16)17-2-3-18-15(12-17)13-28(22(18)32)19-4-5-20(30)23-21(19)31/h2-3,12,14,19H,4-11,13H2,1H3,(H,23,30,31). The van der Waals surface area contributed by atoms with Gasteiger partial charge < -0.3 is 14.7 Å². The molecule has 168 valence electrons. The first-order valence-electron chi connectivity index (χ1n) is 11.1. The van der Waals surface area contributed by atoms with Gasteiger partial charge in [0.25, 0.3) is 5.91 Å². The molecule has 1 atom stereocenters. The second-order valence-corrected chi connectivity index (χ2v) is 8.79. The molecule has 32 heavy (non-hydrogen) atoms. The molecule has 1 N–H and O–H groups in total. The zero-order valence-corrected chi connectivity index (χ0v) is 18.2. The third-order valence-electron chi connectivity index (χ3n) is 6.59. The van der Waals surface area contributed by atoms with Gasteiger partial charge in [-0.2, -0.15) is 0 Å². The lowest BCUT2D eigenvalue weighted by molar-refractivity contribution is -0.136. The zero-order chi connectivity index (χ0) is 22.2. The minimum atomic E-state index is -0.608. The van der Waals surface area contributed by atoms with Crippen LogP contribution < -0.4 is 5.32 Å². The number of amides is 3. The van der Waals surface area contributed by atoms with E-state index >= 15 is 0 Å². The van der Waals surface area contributed by atoms with Crippen LogP contribution in [0.4, 0.5) is 0 Å². The molecule has 10 nitrogen and oxygen atoms in total. The highest BCUT2D eigenvalue weighted by molar-refractivity contribution is 6.05. The van der Waals surface area contributed by atoms with Crippen molar-refractivity contribution in [3.8, 4) is 5.69 Å². The van der Waals surface area contributed by atoms with Gasteiger partial charge in [0, 0.05) is 57.7 Å². The number of hydrogen-bond acceptors (Lipinski definition) is 7. The van der Waals surface area contributed by atoms with E-state index in [4.69, 9.17) is 0 Å². The van der Waals surface area contributed by atoms with Gasteiger partial charge in [-0.15, -0.1) is 5.10 Å². The fourth-order valence-electron chi connectivity index (χ4n) is 4.59. The van der Waals surface area contributed by atoms with E-state index in [2.05, 4.69) is 32.5 Å². The molecule has 2 saturated heterocycles. The van der Waals surface area contributed by atoms with Crippen LogP contribution in [0.15, 0.2) is 24.4 Å². The molecule has 1 unspecified atom stereocenters. The molecule has 2 fully saturated rings. The van der Waals surface area contributed by atoms with Crippen LogP contribution in [-0.2, 0) is 22.6 Å². The van der Waals surface area contributed by atoms with E-state index in [1.165, 1.54) is 0 Å². The number of nitrogens with one attached hydrogen (secondary N) is 1. The van der Waals surface area contributed by atoms with Crippen molar-refractivity contribution >= 4 is 17.7 Å². The molecule has 0 spiro atoms. The Labute approximate surface area is 186 Å². The number of fused-ring (bicyclic) bond motifs is 1. The van der Waals surface area contributed by atoms with Gasteiger partial charge in [0.05, 0.1) is 17.6 Å². The minimum Gasteiger partial charge on any atom is -0.322 e. The van der Waals surface area contributed by atoms with Gasteiger partial charge >= 0.3 is 0 Å². The van der Waals surface area contributed by atoms with Crippen molar-refractivity contribution in [2.45, 2.75) is 31.8 Å². The third kappa shape index (κ3) is 4.03. The van der Waals surface area contributed by atoms with Crippen molar-refractivity contribution in [2.75, 3.05) is 39.8 Å². The summed E-state index contributed by atoms with van der Waals surface area (Å²) in [6.45, 7) is 5.65. The second kappa shape index (κ2) is 8.44. The summed E-state index contributed by atoms with van der Waals surface area (Å²) >= 11 is 0. The zero-order valence-electron chi connectivity index (χ0n) is 18.2. The Balaban J connectivity index is 1.25. The predicted molar refractivity (Wildman–Crippen MR) is 115 cm³/mol. The molecular formula is C22H27N7O3. The fourth-order valence-corrected chi connectivity index (χ4v) is 4.59. The van der Waals surface area contributed by atoms with Crippen molar-refractivity contribution in [1.29, 1.82) is 0 Å². The lowest BCUT2D eigenvalue weighted by atomic mass is 10.0. The van der Waals surface area contributed by atoms with Crippen LogP contribution in [0.5, 0.6) is 0 Å². The van der Waals surface area contributed by atoms with E-state index in [0.717, 1.165) is 56.1 Å². The average molecular weight is 438 g/mol. The molecule has 3 aliphatic heterocycles. The van der Waals surface area contributed by atoms with Crippen LogP contribution >= 0.6 is 0 Å². The van der Waals surface area contributed by atoms with Gasteiger partial charge in [-0.25, -0.2) is 4.68 Å². The maximum absolute atomic E-state index is 12.8. The molecule has 0 saturated carbocycles. The van der Waals surface area contributed by atoms with Crippen LogP contribution in [0, 0.1) is 0 Å². The van der Waals surface area contributed by atoms with Crippen molar-refractivity contribution in [3.05, 3.63) is 41.2 Å². The quantitative estimate of drug-likeness (QED) is 0.647. The van der Waals surface area contributed by atoms with Gasteiger partial charge in [-0.1, -0.05) is 5.21 Å². The summed E-state index contributed by atoms with van der Waals surface area (Å²) in [6, 6.07) is 4.95. The topological polar surface area (TPSA) is 104 Å². The van der Waals surface area contributed by atoms with Crippen LogP contribution in [-0.4, -0.2) is 93.2 Å². The number of imide groups is 1. The van der Waals surface area contributed by atoms with Gasteiger partial charge in [0.1, 0.15) is 6.04 Å². The molecule has 10 heteroatoms. The molecule has 2 aromatic rings. The lowest BCUT2D eigenvalue weighted by Gasteiger charge is -2.32. The van der Waals surface area contributed by atoms with Crippen LogP contribution in [0.3, 0.4) is 0 Å². The Morgan fingerprint density at radius 3 is 2.72 bits per heavy atom. The fraction of sp³-hybridized carbons (Fsp3) is 0.500. The van der Waals surface area contributed by atoms with Gasteiger partial charge in [-0.05, 0) is 37.2 Å². The molecule has 3 aliphatic rings. The van der Waals surface area contributed by atoms with E-state index < -0.39 is 11.9 Å². The number of piperidine rings is 1. The predicted octanol–water partition coefficient (Wildman–Crippen LogP) is -0.182. The molecular weight excluding hydrogens is 410 g/mol. The van der Waals surface area contributed by atoms with Crippen molar-refractivity contribution < 1.29 is 14.4 Å². The molecule has 0 radical (unpaired) electrons. The Bertz CT molecular complexity index is 1060. The summed E-state index contributed by atoms with van der Waals surface area (Å²) in [4.78, 5) is 42.8. The largest absolute Gasteiger partial charge is 0.322 e. The number of benzene rings is 1. The molecule has 0 aliphatic carbocycles. The number of carbonyl (C=O) groups excluding carboxylic acids is 3. The molecule has 5 rings (SSSR count). The summed E-state index contributed by atoms with van der Waals surface area (Å²) in [5.74, 6) is -0.858. The van der Waals surface area contributed by atoms with Crippen molar-refractivity contribution in [1.82, 2.24) is 35.0 Å². The highest BCUT2D eigenvalue weighted by atomic mass is 16.2. The van der Waals surface area contributed by atoms with Gasteiger partial charge in [0.2, 0.25) is 11.8 Å². The van der Waals surface area contributed by atoms with Gasteiger partial charge in [-0.3, -0.25) is 19.7 Å². The minimum absolute atomic E-state index is 0.174. The number of nitrogens with zero attached hydrogens (tertiary/aromatic N) is 6. The molecule has 1 aromatic carbocycles. The smallest absolute Gasteiger partial charge is 0.255 e. The SMILES string of the molecule is CN1CCN(CCc2cn(-c3ccc4c(c3)CN(C3CCC(=O)NC3=O)C4=O)nn2)CC1. The van der Waals surface area contributed by atoms with Crippen LogP contribution in [0.25, 0.3) is 5.69 Å². The molecule has 3 amide bonds. The number of likely N-dealkylation sites (N-methyl/N-ethyl adjacent to an activating group) is 1. The van der Waals surface area contributed by atoms with Crippen molar-refractivity contribution in [3.63, 3.8) is 0 Å². The maximum atomic E-state index is 12.8. The molecule has 0 bridgehead atoms. The highest BCUT2D eigenvalue weighted by Crippen LogP contribution is 2.29. The Morgan fingerprint density at radius 2 is 1.94 bits per heavy atom. The second-order valence-electron chi connectivity index (χ2n) is 8.79. The van der Waals surface area contributed by atoms with Crippen molar-refractivity contribution in [2.24, 2.45) is 0 Å². The Hall–Kier alpha value is -3.11. The van der Waals surface area contributed by atoms with Gasteiger partial charge in [0.15, 0.2) is 0 Å². The summed E-state index contributed by atoms with van der Waals surface area (Å²) < 4.78 is 1.73. The summed E-state index contributed by atoms with van der Waals surface area (Å²) in [7, 11) is 2.15. The summed E-state index contributed by atoms with van der Waals surface area (Å²) in [6.07, 6.45) is 3.39. The monoisotopic (exact) mass is 437 g/mol. The number of carbonyl (C=O) groups is 3. The normalized spacial score (nSPS) is 22.3. The van der Waals surface area contributed by atoms with Crippen LogP contribution in [0.1, 0.15) is 34.5 Å². The number of aromatic nitrogens is 3. The van der Waals surface area contributed by atoms with E-state index in [9.17, 15) is 14.4 Å². The number of hydrogen-bond donors (Lipinski definition) is 1. The maximum Gasteiger partial charge on any atom is 0.255 e. The number of rotatable bonds is 5. The summed E-state index contributed by atoms with van der Waals surface area (Å²) in [5, 5.41) is 10.9. The summed E-state index contributed by atoms with van der Waals surface area (Å²) in [5.41, 5.74) is 3.21. The first kappa shape index (κ1) is 20.8. The van der Waals surface area contributed by atoms with E-state index in [1.54, 1.807) is 15.6 Å². The van der Waals surface area contributed by atoms with E-state index in [1.807, 2.05) is 18.3 Å². The third-order valence-corrected chi connectivity index (χ3v) is 6.59. The van der Waals surface area contributed by atoms with E-state index in [-0.39, 0.29) is 18.2 Å². The molecule has 4 heterocycles. The van der Waals surface area contributed by atoms with Crippen LogP contribution in [0.2, 0.25) is 0 Å². The highest BCUT2D eigenvalue weighted by Gasteiger charge is 2.39. The Morgan fingerprint density at radius 1 is 1.12 bits per heavy atom. The Kier molecular flexibility index (Phi) is 5.48. The lowest BCUT2D eigenvalue weighted by Crippen LogP contribution is -2.52. The first-order chi connectivity index (χ1) is 15.5. The average Bonchev–Trinajstić information content (AvgIpc) is 3.38. The number of piperazine rings is 1.